The highest BCUT2D eigenvalue weighted by molar-refractivity contribution is 7.92. The van der Waals surface area contributed by atoms with Gasteiger partial charge in [-0.2, -0.15) is 0 Å². The second kappa shape index (κ2) is 7.58. The van der Waals surface area contributed by atoms with Gasteiger partial charge in [0.2, 0.25) is 0 Å². The molecule has 0 atom stereocenters. The fourth-order valence-electron chi connectivity index (χ4n) is 2.70. The van der Waals surface area contributed by atoms with Gasteiger partial charge in [0.1, 0.15) is 0 Å². The Balaban J connectivity index is 1.96. The highest BCUT2D eigenvalue weighted by atomic mass is 35.5. The van der Waals surface area contributed by atoms with E-state index in [9.17, 15) is 13.2 Å². The smallest absolute Gasteiger partial charge is 0.339 e. The van der Waals surface area contributed by atoms with E-state index in [1.807, 2.05) is 24.3 Å². The minimum atomic E-state index is -3.79. The third-order valence-electron chi connectivity index (χ3n) is 4.19. The first-order valence-corrected chi connectivity index (χ1v) is 10.1. The van der Waals surface area contributed by atoms with Crippen LogP contribution in [-0.2, 0) is 14.8 Å². The van der Waals surface area contributed by atoms with Crippen LogP contribution in [0, 0.1) is 0 Å². The molecule has 0 radical (unpaired) electrons. The second-order valence-corrected chi connectivity index (χ2v) is 8.24. The van der Waals surface area contributed by atoms with Crippen LogP contribution in [0.4, 0.5) is 5.69 Å². The van der Waals surface area contributed by atoms with E-state index in [0.717, 1.165) is 15.1 Å². The van der Waals surface area contributed by atoms with Crippen LogP contribution in [0.2, 0.25) is 5.02 Å². The highest BCUT2D eigenvalue weighted by Crippen LogP contribution is 2.28. The Kier molecular flexibility index (Phi) is 5.39. The summed E-state index contributed by atoms with van der Waals surface area (Å²) in [5, 5.41) is 1.93. The number of sulfonamides is 1. The third-order valence-corrected chi connectivity index (χ3v) is 6.29. The summed E-state index contributed by atoms with van der Waals surface area (Å²) in [6.45, 7) is 1.93. The zero-order valence-corrected chi connectivity index (χ0v) is 16.4. The molecule has 140 valence electrons. The molecule has 0 N–H and O–H groups in total. The van der Waals surface area contributed by atoms with Gasteiger partial charge in [-0.1, -0.05) is 41.9 Å². The van der Waals surface area contributed by atoms with Crippen molar-refractivity contribution in [2.45, 2.75) is 11.8 Å². The van der Waals surface area contributed by atoms with E-state index in [1.54, 1.807) is 25.1 Å². The Hall–Kier alpha value is -2.57. The van der Waals surface area contributed by atoms with E-state index in [0.29, 0.717) is 5.69 Å². The number of nitrogens with zero attached hydrogens (tertiary/aromatic N) is 1. The number of carbonyl (C=O) groups excluding carboxylic acids is 1. The number of ether oxygens (including phenoxy) is 1. The van der Waals surface area contributed by atoms with E-state index in [4.69, 9.17) is 16.3 Å². The van der Waals surface area contributed by atoms with Crippen LogP contribution in [-0.4, -0.2) is 28.0 Å². The average molecular weight is 404 g/mol. The number of rotatable bonds is 5. The fourth-order valence-corrected chi connectivity index (χ4v) is 4.17. The van der Waals surface area contributed by atoms with Crippen LogP contribution in [0.3, 0.4) is 0 Å². The minimum Gasteiger partial charge on any atom is -0.462 e. The second-order valence-electron chi connectivity index (χ2n) is 5.87. The molecular weight excluding hydrogens is 386 g/mol. The molecule has 5 nitrogen and oxygen atoms in total. The molecule has 0 spiro atoms. The van der Waals surface area contributed by atoms with Gasteiger partial charge in [0.25, 0.3) is 10.0 Å². The van der Waals surface area contributed by atoms with E-state index < -0.39 is 16.0 Å². The van der Waals surface area contributed by atoms with Gasteiger partial charge in [-0.15, -0.1) is 0 Å². The summed E-state index contributed by atoms with van der Waals surface area (Å²) in [6.07, 6.45) is 0. The molecule has 27 heavy (non-hydrogen) atoms. The fraction of sp³-hybridized carbons (Fsp3) is 0.150. The lowest BCUT2D eigenvalue weighted by atomic mass is 10.1. The van der Waals surface area contributed by atoms with Gasteiger partial charge < -0.3 is 4.74 Å². The van der Waals surface area contributed by atoms with Crippen molar-refractivity contribution in [3.63, 3.8) is 0 Å². The molecule has 0 heterocycles. The largest absolute Gasteiger partial charge is 0.462 e. The van der Waals surface area contributed by atoms with E-state index >= 15 is 0 Å². The number of halogens is 1. The maximum Gasteiger partial charge on any atom is 0.339 e. The van der Waals surface area contributed by atoms with Gasteiger partial charge >= 0.3 is 5.97 Å². The molecule has 0 saturated heterocycles. The van der Waals surface area contributed by atoms with Crippen molar-refractivity contribution in [1.29, 1.82) is 0 Å². The Bertz CT molecular complexity index is 1110. The molecule has 0 amide bonds. The van der Waals surface area contributed by atoms with Crippen LogP contribution in [0.15, 0.2) is 65.6 Å². The maximum atomic E-state index is 13.0. The van der Waals surface area contributed by atoms with Crippen molar-refractivity contribution in [3.05, 3.63) is 71.2 Å². The van der Waals surface area contributed by atoms with Gasteiger partial charge in [0, 0.05) is 7.05 Å². The Morgan fingerprint density at radius 1 is 1.04 bits per heavy atom. The van der Waals surface area contributed by atoms with Crippen LogP contribution in [0.5, 0.6) is 0 Å². The lowest BCUT2D eigenvalue weighted by molar-refractivity contribution is 0.0526. The average Bonchev–Trinajstić information content (AvgIpc) is 2.67. The van der Waals surface area contributed by atoms with E-state index in [2.05, 4.69) is 0 Å². The van der Waals surface area contributed by atoms with Gasteiger partial charge in [-0.3, -0.25) is 4.31 Å². The molecule has 0 aromatic heterocycles. The van der Waals surface area contributed by atoms with E-state index in [-0.39, 0.29) is 22.1 Å². The van der Waals surface area contributed by atoms with Crippen molar-refractivity contribution >= 4 is 44.1 Å². The number of hydrogen-bond acceptors (Lipinski definition) is 4. The van der Waals surface area contributed by atoms with Crippen molar-refractivity contribution in [1.82, 2.24) is 0 Å². The molecule has 0 unspecified atom stereocenters. The number of esters is 1. The Labute approximate surface area is 163 Å². The van der Waals surface area contributed by atoms with Crippen LogP contribution in [0.1, 0.15) is 17.3 Å². The highest BCUT2D eigenvalue weighted by Gasteiger charge is 2.23. The lowest BCUT2D eigenvalue weighted by Gasteiger charge is -2.20. The number of anilines is 1. The monoisotopic (exact) mass is 403 g/mol. The van der Waals surface area contributed by atoms with Crippen molar-refractivity contribution in [2.75, 3.05) is 18.0 Å². The van der Waals surface area contributed by atoms with Crippen molar-refractivity contribution in [2.24, 2.45) is 0 Å². The summed E-state index contributed by atoms with van der Waals surface area (Å²) in [7, 11) is -2.34. The number of benzene rings is 3. The van der Waals surface area contributed by atoms with Crippen LogP contribution < -0.4 is 4.31 Å². The molecule has 3 rings (SSSR count). The zero-order valence-electron chi connectivity index (χ0n) is 14.8. The summed E-state index contributed by atoms with van der Waals surface area (Å²) in [5.74, 6) is -0.547. The Morgan fingerprint density at radius 3 is 2.41 bits per heavy atom. The SMILES string of the molecule is CCOC(=O)c1ccc(N(C)S(=O)(=O)c2ccc3ccccc3c2)cc1Cl. The molecule has 0 aliphatic carbocycles. The molecule has 7 heteroatoms. The molecular formula is C20H18ClNO4S. The third kappa shape index (κ3) is 3.77. The first kappa shape index (κ1) is 19.2. The standard InChI is InChI=1S/C20H18ClNO4S/c1-3-26-20(23)18-11-9-16(13-19(18)21)22(2)27(24,25)17-10-8-14-6-4-5-7-15(14)12-17/h4-13H,3H2,1-2H3. The quantitative estimate of drug-likeness (QED) is 0.588. The summed E-state index contributed by atoms with van der Waals surface area (Å²) in [6, 6.07) is 16.9. The summed E-state index contributed by atoms with van der Waals surface area (Å²) >= 11 is 6.16. The summed E-state index contributed by atoms with van der Waals surface area (Å²) in [4.78, 5) is 12.0. The molecule has 3 aromatic carbocycles. The topological polar surface area (TPSA) is 63.7 Å². The summed E-state index contributed by atoms with van der Waals surface area (Å²) < 4.78 is 32.1. The van der Waals surface area contributed by atoms with Gasteiger partial charge in [-0.05, 0) is 48.0 Å². The lowest BCUT2D eigenvalue weighted by Crippen LogP contribution is -2.26. The first-order chi connectivity index (χ1) is 12.8. The number of carbonyl (C=O) groups is 1. The van der Waals surface area contributed by atoms with Crippen LogP contribution >= 0.6 is 11.6 Å². The molecule has 0 bridgehead atoms. The van der Waals surface area contributed by atoms with Gasteiger partial charge in [-0.25, -0.2) is 13.2 Å². The van der Waals surface area contributed by atoms with Gasteiger partial charge in [0.05, 0.1) is 27.8 Å². The molecule has 0 aliphatic heterocycles. The van der Waals surface area contributed by atoms with Crippen molar-refractivity contribution < 1.29 is 17.9 Å². The number of fused-ring (bicyclic) bond motifs is 1. The molecule has 0 fully saturated rings. The maximum absolute atomic E-state index is 13.0. The zero-order chi connectivity index (χ0) is 19.6. The van der Waals surface area contributed by atoms with Crippen molar-refractivity contribution in [3.8, 4) is 0 Å². The summed E-state index contributed by atoms with van der Waals surface area (Å²) in [5.41, 5.74) is 0.542. The molecule has 0 saturated carbocycles. The predicted molar refractivity (Wildman–Crippen MR) is 107 cm³/mol. The number of hydrogen-bond donors (Lipinski definition) is 0. The molecule has 0 aliphatic rings. The first-order valence-electron chi connectivity index (χ1n) is 8.29. The normalized spacial score (nSPS) is 11.4. The predicted octanol–water partition coefficient (Wildman–Crippen LogP) is 4.50. The molecule has 3 aromatic rings. The Morgan fingerprint density at radius 2 is 1.74 bits per heavy atom. The minimum absolute atomic E-state index is 0.131. The van der Waals surface area contributed by atoms with Crippen LogP contribution in [0.25, 0.3) is 10.8 Å². The van der Waals surface area contributed by atoms with Gasteiger partial charge in [0.15, 0.2) is 0 Å². The van der Waals surface area contributed by atoms with E-state index in [1.165, 1.54) is 25.2 Å².